The second-order valence-electron chi connectivity index (χ2n) is 17.0. The summed E-state index contributed by atoms with van der Waals surface area (Å²) >= 11 is 0. The molecule has 0 radical (unpaired) electrons. The first-order valence-electron chi connectivity index (χ1n) is 21.5. The van der Waals surface area contributed by atoms with Crippen molar-refractivity contribution in [3.8, 4) is 11.1 Å². The molecule has 3 aromatic carbocycles. The van der Waals surface area contributed by atoms with Crippen LogP contribution < -0.4 is 32.7 Å². The number of aliphatic carboxylic acids is 1. The van der Waals surface area contributed by atoms with Crippen molar-refractivity contribution in [3.63, 3.8) is 0 Å². The summed E-state index contributed by atoms with van der Waals surface area (Å²) in [4.78, 5) is 88.3. The summed E-state index contributed by atoms with van der Waals surface area (Å²) in [5, 5.41) is 21.2. The maximum absolute atomic E-state index is 14.3. The number of H-pyrrole nitrogens is 1. The van der Waals surface area contributed by atoms with Crippen LogP contribution in [0.3, 0.4) is 0 Å². The highest BCUT2D eigenvalue weighted by atomic mass is 16.6. The largest absolute Gasteiger partial charge is 0.481 e. The summed E-state index contributed by atoms with van der Waals surface area (Å²) in [7, 11) is 0. The van der Waals surface area contributed by atoms with E-state index in [0.717, 1.165) is 33.2 Å². The Bertz CT molecular complexity index is 2290. The van der Waals surface area contributed by atoms with Crippen molar-refractivity contribution in [1.82, 2.24) is 26.3 Å². The first kappa shape index (κ1) is 48.1. The molecule has 17 heteroatoms. The predicted molar refractivity (Wildman–Crippen MR) is 242 cm³/mol. The van der Waals surface area contributed by atoms with E-state index in [9.17, 15) is 33.9 Å². The molecule has 5 atom stereocenters. The van der Waals surface area contributed by atoms with Crippen LogP contribution >= 0.6 is 0 Å². The highest BCUT2D eigenvalue weighted by molar-refractivity contribution is 5.95. The van der Waals surface area contributed by atoms with Crippen LogP contribution in [0.2, 0.25) is 0 Å². The van der Waals surface area contributed by atoms with Gasteiger partial charge in [0.15, 0.2) is 5.96 Å². The molecule has 0 saturated heterocycles. The maximum atomic E-state index is 14.3. The molecule has 0 fully saturated rings. The Morgan fingerprint density at radius 1 is 0.797 bits per heavy atom. The van der Waals surface area contributed by atoms with E-state index in [2.05, 4.69) is 31.2 Å². The number of nitrogens with zero attached hydrogens (tertiary/aromatic N) is 1. The Labute approximate surface area is 372 Å². The van der Waals surface area contributed by atoms with Crippen LogP contribution in [0.4, 0.5) is 4.79 Å². The van der Waals surface area contributed by atoms with Crippen LogP contribution in [-0.4, -0.2) is 94.7 Å². The number of benzene rings is 3. The third-order valence-corrected chi connectivity index (χ3v) is 11.1. The molecule has 0 aliphatic heterocycles. The standard InChI is InChI=1S/C47H60N8O9/c1-6-27(2)40(44(61)64-47(3,4)5)55-42(59)36(20-13-23-50-45(48)49)52-41(58)37(21-22-39(56)57)53-43(60)38(24-28-25-51-35-19-12-11-14-29(28)35)54-46(62)63-26-34-32-17-9-7-15-30(32)31-16-8-10-18-33(31)34/h7-12,14-19,25,27,34,36-38,40,51H,6,13,20-24,26H2,1-5H3,(H,52,58)(H,53,60)(H,54,62)(H,55,59)(H,56,57)(H4,48,49,50)/t27-,36-,37-,38-,40-/m0/s1. The van der Waals surface area contributed by atoms with Gasteiger partial charge >= 0.3 is 18.0 Å². The van der Waals surface area contributed by atoms with Gasteiger partial charge in [0.2, 0.25) is 17.7 Å². The summed E-state index contributed by atoms with van der Waals surface area (Å²) in [6.07, 6.45) is 0.640. The van der Waals surface area contributed by atoms with E-state index in [0.29, 0.717) is 12.0 Å². The zero-order valence-electron chi connectivity index (χ0n) is 36.9. The van der Waals surface area contributed by atoms with Crippen molar-refractivity contribution in [2.75, 3.05) is 13.2 Å². The number of fused-ring (bicyclic) bond motifs is 4. The zero-order chi connectivity index (χ0) is 46.6. The highest BCUT2D eigenvalue weighted by Gasteiger charge is 2.35. The van der Waals surface area contributed by atoms with E-state index in [4.69, 9.17) is 20.9 Å². The number of alkyl carbamates (subject to hydrolysis) is 1. The number of amides is 4. The lowest BCUT2D eigenvalue weighted by Gasteiger charge is -2.29. The Morgan fingerprint density at radius 3 is 1.98 bits per heavy atom. The maximum Gasteiger partial charge on any atom is 0.407 e. The van der Waals surface area contributed by atoms with E-state index < -0.39 is 71.9 Å². The molecule has 1 aliphatic rings. The molecule has 342 valence electrons. The number of carbonyl (C=O) groups is 6. The number of carboxylic acids is 1. The summed E-state index contributed by atoms with van der Waals surface area (Å²) in [5.74, 6) is -5.06. The van der Waals surface area contributed by atoms with Crippen LogP contribution in [0, 0.1) is 5.92 Å². The second-order valence-corrected chi connectivity index (χ2v) is 17.0. The number of guanidine groups is 1. The number of carbonyl (C=O) groups excluding carboxylic acids is 5. The van der Waals surface area contributed by atoms with E-state index in [1.54, 1.807) is 33.9 Å². The topological polar surface area (TPSA) is 269 Å². The summed E-state index contributed by atoms with van der Waals surface area (Å²) in [5.41, 5.74) is 15.7. The number of ether oxygens (including phenoxy) is 2. The smallest absolute Gasteiger partial charge is 0.407 e. The van der Waals surface area contributed by atoms with Crippen molar-refractivity contribution in [1.29, 1.82) is 0 Å². The molecule has 1 heterocycles. The predicted octanol–water partition coefficient (Wildman–Crippen LogP) is 4.38. The van der Waals surface area contributed by atoms with Gasteiger partial charge in [0.05, 0.1) is 0 Å². The van der Waals surface area contributed by atoms with Crippen molar-refractivity contribution < 1.29 is 43.3 Å². The van der Waals surface area contributed by atoms with Gasteiger partial charge in [0.1, 0.15) is 36.4 Å². The lowest BCUT2D eigenvalue weighted by atomic mass is 9.98. The fourth-order valence-electron chi connectivity index (χ4n) is 7.65. The summed E-state index contributed by atoms with van der Waals surface area (Å²) < 4.78 is 11.4. The number of nitrogens with one attached hydrogen (secondary N) is 5. The van der Waals surface area contributed by atoms with Crippen LogP contribution in [-0.2, 0) is 39.9 Å². The number of aliphatic imine (C=N–C) groups is 1. The van der Waals surface area contributed by atoms with Gasteiger partial charge in [0, 0.05) is 42.4 Å². The number of esters is 1. The van der Waals surface area contributed by atoms with Gasteiger partial charge < -0.3 is 52.3 Å². The first-order valence-corrected chi connectivity index (χ1v) is 21.5. The van der Waals surface area contributed by atoms with Gasteiger partial charge in [-0.25, -0.2) is 9.59 Å². The Morgan fingerprint density at radius 2 is 1.38 bits per heavy atom. The molecule has 1 aliphatic carbocycles. The van der Waals surface area contributed by atoms with E-state index in [1.807, 2.05) is 79.7 Å². The Balaban J connectivity index is 1.37. The van der Waals surface area contributed by atoms with Crippen molar-refractivity contribution in [3.05, 3.63) is 95.7 Å². The fourth-order valence-corrected chi connectivity index (χ4v) is 7.65. The molecule has 4 aromatic rings. The number of nitrogens with two attached hydrogens (primary N) is 2. The number of para-hydroxylation sites is 1. The highest BCUT2D eigenvalue weighted by Crippen LogP contribution is 2.44. The zero-order valence-corrected chi connectivity index (χ0v) is 36.9. The molecular formula is C47H60N8O9. The lowest BCUT2D eigenvalue weighted by Crippen LogP contribution is -2.58. The number of aromatic nitrogens is 1. The number of carboxylic acid groups (broad SMARTS) is 1. The molecule has 0 bridgehead atoms. The molecule has 1 aromatic heterocycles. The van der Waals surface area contributed by atoms with E-state index in [-0.39, 0.29) is 56.6 Å². The quantitative estimate of drug-likeness (QED) is 0.0252. The van der Waals surface area contributed by atoms with Gasteiger partial charge in [-0.1, -0.05) is 87.0 Å². The normalized spacial score (nSPS) is 14.4. The molecule has 0 unspecified atom stereocenters. The molecule has 0 spiro atoms. The number of aromatic amines is 1. The van der Waals surface area contributed by atoms with Gasteiger partial charge in [-0.3, -0.25) is 24.2 Å². The van der Waals surface area contributed by atoms with Crippen LogP contribution in [0.15, 0.2) is 84.0 Å². The van der Waals surface area contributed by atoms with Gasteiger partial charge in [0.25, 0.3) is 0 Å². The molecule has 4 amide bonds. The van der Waals surface area contributed by atoms with Crippen molar-refractivity contribution in [2.24, 2.45) is 22.4 Å². The second kappa shape index (κ2) is 21.9. The van der Waals surface area contributed by atoms with E-state index in [1.165, 1.54) is 0 Å². The Kier molecular flexibility index (Phi) is 16.5. The minimum absolute atomic E-state index is 0.00201. The van der Waals surface area contributed by atoms with Gasteiger partial charge in [-0.05, 0) is 79.8 Å². The van der Waals surface area contributed by atoms with E-state index >= 15 is 0 Å². The molecule has 64 heavy (non-hydrogen) atoms. The van der Waals surface area contributed by atoms with Gasteiger partial charge in [-0.15, -0.1) is 0 Å². The van der Waals surface area contributed by atoms with Crippen LogP contribution in [0.25, 0.3) is 22.0 Å². The summed E-state index contributed by atoms with van der Waals surface area (Å²) in [6.45, 7) is 8.84. The molecule has 0 saturated carbocycles. The number of rotatable bonds is 21. The average molecular weight is 881 g/mol. The van der Waals surface area contributed by atoms with Crippen molar-refractivity contribution in [2.45, 2.75) is 109 Å². The summed E-state index contributed by atoms with van der Waals surface area (Å²) in [6, 6.07) is 18.0. The monoisotopic (exact) mass is 880 g/mol. The SMILES string of the molecule is CC[C@H](C)[C@H](NC(=O)[C@H](CCCN=C(N)N)NC(=O)[C@H](CCC(=O)O)NC(=O)[C@H](Cc1c[nH]c2ccccc12)NC(=O)OCC1c2ccccc2-c2ccccc21)C(=O)OC(C)(C)C. The number of hydrogen-bond acceptors (Lipinski definition) is 9. The minimum atomic E-state index is -1.48. The fraction of sp³-hybridized carbons (Fsp3) is 0.426. The molecule has 17 nitrogen and oxygen atoms in total. The average Bonchev–Trinajstić information content (AvgIpc) is 3.81. The Hall–Kier alpha value is -6.91. The number of hydrogen-bond donors (Lipinski definition) is 8. The third-order valence-electron chi connectivity index (χ3n) is 11.1. The van der Waals surface area contributed by atoms with Crippen molar-refractivity contribution >= 4 is 52.6 Å². The lowest BCUT2D eigenvalue weighted by molar-refractivity contribution is -0.160. The first-order chi connectivity index (χ1) is 30.4. The van der Waals surface area contributed by atoms with Crippen LogP contribution in [0.1, 0.15) is 89.3 Å². The molecule has 5 rings (SSSR count). The third kappa shape index (κ3) is 13.1. The minimum Gasteiger partial charge on any atom is -0.481 e. The molecule has 10 N–H and O–H groups in total. The van der Waals surface area contributed by atoms with Gasteiger partial charge in [-0.2, -0.15) is 0 Å². The van der Waals surface area contributed by atoms with Crippen LogP contribution in [0.5, 0.6) is 0 Å². The molecular weight excluding hydrogens is 821 g/mol.